The van der Waals surface area contributed by atoms with Crippen molar-refractivity contribution in [1.29, 1.82) is 0 Å². The quantitative estimate of drug-likeness (QED) is 0.704. The van der Waals surface area contributed by atoms with Crippen molar-refractivity contribution in [3.05, 3.63) is 40.0 Å². The van der Waals surface area contributed by atoms with Gasteiger partial charge in [-0.15, -0.1) is 0 Å². The largest absolute Gasteiger partial charge is 0.418 e. The number of halogens is 4. The number of pyridine rings is 1. The van der Waals surface area contributed by atoms with Crippen molar-refractivity contribution < 1.29 is 13.2 Å². The summed E-state index contributed by atoms with van der Waals surface area (Å²) in [5, 5.41) is 0.518. The van der Waals surface area contributed by atoms with Gasteiger partial charge < -0.3 is 0 Å². The van der Waals surface area contributed by atoms with Crippen molar-refractivity contribution in [2.75, 3.05) is 0 Å². The normalized spacial score (nSPS) is 12.1. The van der Waals surface area contributed by atoms with Crippen LogP contribution in [0.5, 0.6) is 0 Å². The number of aryl methyl sites for hydroxylation is 1. The lowest BCUT2D eigenvalue weighted by Gasteiger charge is -2.11. The average molecular weight is 290 g/mol. The molecule has 0 aliphatic rings. The van der Waals surface area contributed by atoms with Crippen LogP contribution in [0.4, 0.5) is 13.2 Å². The smallest absolute Gasteiger partial charge is 0.254 e. The zero-order valence-corrected chi connectivity index (χ0v) is 9.85. The maximum Gasteiger partial charge on any atom is 0.418 e. The molecular weight excluding hydrogens is 283 g/mol. The highest BCUT2D eigenvalue weighted by molar-refractivity contribution is 9.10. The Balaban J connectivity index is 2.85. The molecule has 0 saturated heterocycles. The molecule has 2 aromatic rings. The lowest BCUT2D eigenvalue weighted by atomic mass is 10.1. The predicted octanol–water partition coefficient (Wildman–Crippen LogP) is 4.32. The average Bonchev–Trinajstić information content (AvgIpc) is 2.21. The van der Waals surface area contributed by atoms with Gasteiger partial charge in [0.25, 0.3) is 0 Å². The Morgan fingerprint density at radius 2 is 1.94 bits per heavy atom. The van der Waals surface area contributed by atoms with Crippen LogP contribution in [-0.2, 0) is 6.18 Å². The monoisotopic (exact) mass is 289 g/mol. The van der Waals surface area contributed by atoms with Crippen LogP contribution in [0.25, 0.3) is 10.9 Å². The highest BCUT2D eigenvalue weighted by Crippen LogP contribution is 2.35. The molecule has 0 radical (unpaired) electrons. The first-order valence-corrected chi connectivity index (χ1v) is 5.31. The maximum absolute atomic E-state index is 12.7. The molecule has 0 bridgehead atoms. The molecule has 5 heteroatoms. The minimum Gasteiger partial charge on any atom is -0.254 e. The van der Waals surface area contributed by atoms with Gasteiger partial charge in [0.1, 0.15) is 0 Å². The number of fused-ring (bicyclic) bond motifs is 1. The van der Waals surface area contributed by atoms with E-state index in [1.54, 1.807) is 13.0 Å². The topological polar surface area (TPSA) is 12.9 Å². The molecule has 1 heterocycles. The summed E-state index contributed by atoms with van der Waals surface area (Å²) < 4.78 is 38.8. The molecule has 0 spiro atoms. The van der Waals surface area contributed by atoms with Crippen molar-refractivity contribution in [2.45, 2.75) is 13.1 Å². The van der Waals surface area contributed by atoms with E-state index in [1.165, 1.54) is 12.3 Å². The van der Waals surface area contributed by atoms with Gasteiger partial charge in [-0.1, -0.05) is 12.1 Å². The fourth-order valence-electron chi connectivity index (χ4n) is 1.56. The molecule has 0 unspecified atom stereocenters. The molecule has 1 nitrogen and oxygen atoms in total. The van der Waals surface area contributed by atoms with E-state index < -0.39 is 11.7 Å². The number of alkyl halides is 3. The fourth-order valence-corrected chi connectivity index (χ4v) is 1.88. The Bertz CT molecular complexity index is 549. The first kappa shape index (κ1) is 11.4. The summed E-state index contributed by atoms with van der Waals surface area (Å²) in [5.74, 6) is 0. The summed E-state index contributed by atoms with van der Waals surface area (Å²) in [7, 11) is 0. The van der Waals surface area contributed by atoms with Crippen LogP contribution in [-0.4, -0.2) is 4.98 Å². The van der Waals surface area contributed by atoms with Crippen LogP contribution in [0.3, 0.4) is 0 Å². The van der Waals surface area contributed by atoms with E-state index in [1.807, 2.05) is 0 Å². The second kappa shape index (κ2) is 3.73. The molecule has 2 rings (SSSR count). The molecule has 84 valence electrons. The molecule has 0 saturated carbocycles. The van der Waals surface area contributed by atoms with Gasteiger partial charge in [-0.05, 0) is 34.5 Å². The number of benzene rings is 1. The van der Waals surface area contributed by atoms with E-state index in [2.05, 4.69) is 20.9 Å². The second-order valence-electron chi connectivity index (χ2n) is 3.43. The summed E-state index contributed by atoms with van der Waals surface area (Å²) in [6.45, 7) is 1.76. The molecule has 0 fully saturated rings. The molecule has 0 amide bonds. The third-order valence-electron chi connectivity index (χ3n) is 2.41. The van der Waals surface area contributed by atoms with E-state index >= 15 is 0 Å². The van der Waals surface area contributed by atoms with Crippen molar-refractivity contribution in [1.82, 2.24) is 4.98 Å². The molecule has 0 aliphatic heterocycles. The fraction of sp³-hybridized carbons (Fsp3) is 0.182. The van der Waals surface area contributed by atoms with Gasteiger partial charge in [0.15, 0.2) is 0 Å². The molecular formula is C11H7BrF3N. The van der Waals surface area contributed by atoms with Gasteiger partial charge >= 0.3 is 6.18 Å². The third-order valence-corrected chi connectivity index (χ3v) is 3.21. The zero-order chi connectivity index (χ0) is 11.9. The number of hydrogen-bond donors (Lipinski definition) is 0. The van der Waals surface area contributed by atoms with Crippen molar-refractivity contribution in [3.8, 4) is 0 Å². The van der Waals surface area contributed by atoms with E-state index in [0.717, 1.165) is 11.6 Å². The van der Waals surface area contributed by atoms with Crippen LogP contribution < -0.4 is 0 Å². The van der Waals surface area contributed by atoms with Gasteiger partial charge in [0.05, 0.1) is 11.1 Å². The SMILES string of the molecule is Cc1c(Br)cnc2c(C(F)(F)F)cccc12. The van der Waals surface area contributed by atoms with Crippen molar-refractivity contribution in [2.24, 2.45) is 0 Å². The minimum atomic E-state index is -4.37. The van der Waals surface area contributed by atoms with Crippen LogP contribution >= 0.6 is 15.9 Å². The summed E-state index contributed by atoms with van der Waals surface area (Å²) in [6, 6.07) is 4.08. The molecule has 0 atom stereocenters. The van der Waals surface area contributed by atoms with Gasteiger partial charge in [-0.2, -0.15) is 13.2 Å². The summed E-state index contributed by atoms with van der Waals surface area (Å²) in [4.78, 5) is 3.84. The van der Waals surface area contributed by atoms with Crippen molar-refractivity contribution in [3.63, 3.8) is 0 Å². The first-order chi connectivity index (χ1) is 7.41. The second-order valence-corrected chi connectivity index (χ2v) is 4.28. The van der Waals surface area contributed by atoms with Crippen LogP contribution in [0.2, 0.25) is 0 Å². The summed E-state index contributed by atoms with van der Waals surface area (Å²) in [5.41, 5.74) is 0.0624. The summed E-state index contributed by atoms with van der Waals surface area (Å²) >= 11 is 3.25. The van der Waals surface area contributed by atoms with E-state index in [9.17, 15) is 13.2 Å². The molecule has 0 aliphatic carbocycles. The Morgan fingerprint density at radius 3 is 2.56 bits per heavy atom. The zero-order valence-electron chi connectivity index (χ0n) is 8.27. The third kappa shape index (κ3) is 1.80. The van der Waals surface area contributed by atoms with E-state index in [4.69, 9.17) is 0 Å². The van der Waals surface area contributed by atoms with Crippen LogP contribution in [0, 0.1) is 6.92 Å². The Morgan fingerprint density at radius 1 is 1.25 bits per heavy atom. The Kier molecular flexibility index (Phi) is 2.66. The number of para-hydroxylation sites is 1. The van der Waals surface area contributed by atoms with Crippen LogP contribution in [0.15, 0.2) is 28.9 Å². The maximum atomic E-state index is 12.7. The van der Waals surface area contributed by atoms with Crippen LogP contribution in [0.1, 0.15) is 11.1 Å². The lowest BCUT2D eigenvalue weighted by molar-refractivity contribution is -0.136. The number of nitrogens with zero attached hydrogens (tertiary/aromatic N) is 1. The van der Waals surface area contributed by atoms with Gasteiger partial charge in [0, 0.05) is 16.1 Å². The molecule has 1 aromatic carbocycles. The summed E-state index contributed by atoms with van der Waals surface area (Å²) in [6.07, 6.45) is -2.97. The number of aromatic nitrogens is 1. The lowest BCUT2D eigenvalue weighted by Crippen LogP contribution is -2.06. The van der Waals surface area contributed by atoms with E-state index in [-0.39, 0.29) is 5.52 Å². The van der Waals surface area contributed by atoms with Crippen molar-refractivity contribution >= 4 is 26.8 Å². The Labute approximate surface area is 98.4 Å². The Hall–Kier alpha value is -1.10. The highest BCUT2D eigenvalue weighted by atomic mass is 79.9. The molecule has 1 aromatic heterocycles. The molecule has 0 N–H and O–H groups in total. The minimum absolute atomic E-state index is 0.00398. The number of hydrogen-bond acceptors (Lipinski definition) is 1. The van der Waals surface area contributed by atoms with Gasteiger partial charge in [-0.25, -0.2) is 0 Å². The van der Waals surface area contributed by atoms with Gasteiger partial charge in [-0.3, -0.25) is 4.98 Å². The first-order valence-electron chi connectivity index (χ1n) is 4.52. The molecule has 16 heavy (non-hydrogen) atoms. The van der Waals surface area contributed by atoms with Gasteiger partial charge in [0.2, 0.25) is 0 Å². The van der Waals surface area contributed by atoms with E-state index in [0.29, 0.717) is 9.86 Å². The predicted molar refractivity (Wildman–Crippen MR) is 59.2 cm³/mol. The number of rotatable bonds is 0. The highest BCUT2D eigenvalue weighted by Gasteiger charge is 2.33. The standard InChI is InChI=1S/C11H7BrF3N/c1-6-7-3-2-4-8(11(13,14)15)10(7)16-5-9(6)12/h2-5H,1H3.